The van der Waals surface area contributed by atoms with E-state index in [9.17, 15) is 18.0 Å². The largest absolute Gasteiger partial charge is 0.394 e. The van der Waals surface area contributed by atoms with Crippen molar-refractivity contribution >= 4 is 5.91 Å². The van der Waals surface area contributed by atoms with E-state index in [4.69, 9.17) is 5.11 Å². The summed E-state index contributed by atoms with van der Waals surface area (Å²) in [5.41, 5.74) is 0. The number of nitrogens with one attached hydrogen (secondary N) is 1. The molecule has 0 bridgehead atoms. The number of hydrogen-bond donors (Lipinski definition) is 2. The van der Waals surface area contributed by atoms with E-state index in [2.05, 4.69) is 5.32 Å². The molecule has 0 spiro atoms. The summed E-state index contributed by atoms with van der Waals surface area (Å²) in [6.07, 6.45) is -4.98. The van der Waals surface area contributed by atoms with Crippen LogP contribution in [-0.2, 0) is 4.79 Å². The van der Waals surface area contributed by atoms with E-state index in [1.165, 1.54) is 0 Å². The van der Waals surface area contributed by atoms with Crippen molar-refractivity contribution in [1.29, 1.82) is 0 Å². The van der Waals surface area contributed by atoms with Gasteiger partial charge in [-0.2, -0.15) is 13.2 Å². The third kappa shape index (κ3) is 1.69. The SMILES string of the molecule is O=C1C[C@@H](C(F)(F)F)[C@@H](CO)N1. The maximum absolute atomic E-state index is 12.1. The highest BCUT2D eigenvalue weighted by Gasteiger charge is 2.49. The monoisotopic (exact) mass is 183 g/mol. The lowest BCUT2D eigenvalue weighted by Gasteiger charge is -2.18. The van der Waals surface area contributed by atoms with Gasteiger partial charge in [-0.25, -0.2) is 0 Å². The Morgan fingerprint density at radius 1 is 1.58 bits per heavy atom. The van der Waals surface area contributed by atoms with E-state index >= 15 is 0 Å². The summed E-state index contributed by atoms with van der Waals surface area (Å²) in [7, 11) is 0. The maximum atomic E-state index is 12.1. The highest BCUT2D eigenvalue weighted by atomic mass is 19.4. The zero-order valence-corrected chi connectivity index (χ0v) is 6.06. The van der Waals surface area contributed by atoms with Crippen molar-refractivity contribution in [2.24, 2.45) is 5.92 Å². The molecule has 0 aromatic rings. The van der Waals surface area contributed by atoms with E-state index in [1.54, 1.807) is 0 Å². The molecule has 0 saturated carbocycles. The first-order valence-electron chi connectivity index (χ1n) is 3.42. The molecule has 6 heteroatoms. The molecule has 1 aliphatic rings. The standard InChI is InChI=1S/C6H8F3NO2/c7-6(8,9)3-1-5(12)10-4(3)2-11/h3-4,11H,1-2H2,(H,10,12)/t3-,4-/m1/s1. The molecule has 0 aromatic heterocycles. The Bertz CT molecular complexity index is 192. The van der Waals surface area contributed by atoms with E-state index in [0.717, 1.165) is 0 Å². The molecule has 0 radical (unpaired) electrons. The van der Waals surface area contributed by atoms with Crippen LogP contribution < -0.4 is 5.32 Å². The van der Waals surface area contributed by atoms with Gasteiger partial charge in [0.05, 0.1) is 18.6 Å². The van der Waals surface area contributed by atoms with Crippen LogP contribution in [0.5, 0.6) is 0 Å². The van der Waals surface area contributed by atoms with E-state index < -0.39 is 37.1 Å². The molecule has 2 N–H and O–H groups in total. The number of halogens is 3. The van der Waals surface area contributed by atoms with Gasteiger partial charge in [-0.05, 0) is 0 Å². The second kappa shape index (κ2) is 2.93. The fourth-order valence-electron chi connectivity index (χ4n) is 1.23. The highest BCUT2D eigenvalue weighted by molar-refractivity contribution is 5.79. The van der Waals surface area contributed by atoms with Crippen molar-refractivity contribution in [3.8, 4) is 0 Å². The minimum Gasteiger partial charge on any atom is -0.394 e. The van der Waals surface area contributed by atoms with Gasteiger partial charge in [0.25, 0.3) is 0 Å². The Labute approximate surface area is 66.6 Å². The van der Waals surface area contributed by atoms with Gasteiger partial charge in [-0.3, -0.25) is 4.79 Å². The maximum Gasteiger partial charge on any atom is 0.394 e. The number of amides is 1. The fourth-order valence-corrected chi connectivity index (χ4v) is 1.23. The van der Waals surface area contributed by atoms with Crippen molar-refractivity contribution in [3.63, 3.8) is 0 Å². The Morgan fingerprint density at radius 2 is 2.17 bits per heavy atom. The lowest BCUT2D eigenvalue weighted by molar-refractivity contribution is -0.179. The van der Waals surface area contributed by atoms with E-state index in [0.29, 0.717) is 0 Å². The van der Waals surface area contributed by atoms with Gasteiger partial charge in [-0.1, -0.05) is 0 Å². The molecule has 1 fully saturated rings. The number of aliphatic hydroxyl groups is 1. The molecule has 2 atom stereocenters. The van der Waals surface area contributed by atoms with Gasteiger partial charge >= 0.3 is 6.18 Å². The molecule has 12 heavy (non-hydrogen) atoms. The third-order valence-corrected chi connectivity index (χ3v) is 1.85. The normalized spacial score (nSPS) is 30.5. The van der Waals surface area contributed by atoms with Crippen LogP contribution in [0.1, 0.15) is 6.42 Å². The molecule has 0 unspecified atom stereocenters. The summed E-state index contributed by atoms with van der Waals surface area (Å²) in [6.45, 7) is -0.671. The minimum atomic E-state index is -4.41. The molecule has 0 aliphatic carbocycles. The van der Waals surface area contributed by atoms with Crippen LogP contribution in [0, 0.1) is 5.92 Å². The quantitative estimate of drug-likeness (QED) is 0.603. The first kappa shape index (κ1) is 9.31. The van der Waals surface area contributed by atoms with Gasteiger partial charge in [0.1, 0.15) is 0 Å². The molecule has 3 nitrogen and oxygen atoms in total. The molecule has 0 aromatic carbocycles. The van der Waals surface area contributed by atoms with Crippen LogP contribution in [0.3, 0.4) is 0 Å². The summed E-state index contributed by atoms with van der Waals surface area (Å²) in [4.78, 5) is 10.5. The minimum absolute atomic E-state index is 0.575. The van der Waals surface area contributed by atoms with Crippen molar-refractivity contribution in [2.45, 2.75) is 18.6 Å². The number of hydrogen-bond acceptors (Lipinski definition) is 2. The predicted molar refractivity (Wildman–Crippen MR) is 33.2 cm³/mol. The van der Waals surface area contributed by atoms with Gasteiger partial charge in [0.15, 0.2) is 0 Å². The molecule has 1 aliphatic heterocycles. The van der Waals surface area contributed by atoms with Gasteiger partial charge in [0, 0.05) is 6.42 Å². The average Bonchev–Trinajstić information content (AvgIpc) is 2.29. The summed E-state index contributed by atoms with van der Waals surface area (Å²) in [6, 6.07) is -1.17. The lowest BCUT2D eigenvalue weighted by Crippen LogP contribution is -2.38. The number of rotatable bonds is 1. The molecule has 70 valence electrons. The zero-order valence-electron chi connectivity index (χ0n) is 6.06. The molecule has 1 amide bonds. The van der Waals surface area contributed by atoms with Crippen molar-refractivity contribution in [3.05, 3.63) is 0 Å². The first-order valence-corrected chi connectivity index (χ1v) is 3.42. The lowest BCUT2D eigenvalue weighted by atomic mass is 10.0. The molecule has 1 rings (SSSR count). The molecular formula is C6H8F3NO2. The second-order valence-corrected chi connectivity index (χ2v) is 2.71. The Kier molecular flexibility index (Phi) is 2.27. The Morgan fingerprint density at radius 3 is 2.50 bits per heavy atom. The summed E-state index contributed by atoms with van der Waals surface area (Å²) in [5.74, 6) is -2.40. The van der Waals surface area contributed by atoms with Crippen molar-refractivity contribution in [2.75, 3.05) is 6.61 Å². The average molecular weight is 183 g/mol. The molecule has 1 heterocycles. The van der Waals surface area contributed by atoms with E-state index in [1.807, 2.05) is 0 Å². The Hall–Kier alpha value is -0.780. The number of alkyl halides is 3. The smallest absolute Gasteiger partial charge is 0.394 e. The topological polar surface area (TPSA) is 49.3 Å². The van der Waals surface area contributed by atoms with Gasteiger partial charge in [0.2, 0.25) is 5.91 Å². The van der Waals surface area contributed by atoms with Gasteiger partial charge in [-0.15, -0.1) is 0 Å². The third-order valence-electron chi connectivity index (χ3n) is 1.85. The van der Waals surface area contributed by atoms with E-state index in [-0.39, 0.29) is 0 Å². The summed E-state index contributed by atoms with van der Waals surface area (Å²) < 4.78 is 36.2. The molecule has 1 saturated heterocycles. The zero-order chi connectivity index (χ0) is 9.35. The molecular weight excluding hydrogens is 175 g/mol. The van der Waals surface area contributed by atoms with Crippen LogP contribution >= 0.6 is 0 Å². The highest BCUT2D eigenvalue weighted by Crippen LogP contribution is 2.34. The summed E-state index contributed by atoms with van der Waals surface area (Å²) >= 11 is 0. The fraction of sp³-hybridized carbons (Fsp3) is 0.833. The predicted octanol–water partition coefficient (Wildman–Crippen LogP) is 0.0457. The van der Waals surface area contributed by atoms with Crippen LogP contribution in [0.4, 0.5) is 13.2 Å². The summed E-state index contributed by atoms with van der Waals surface area (Å²) in [5, 5.41) is 10.6. The number of carbonyl (C=O) groups excluding carboxylic acids is 1. The van der Waals surface area contributed by atoms with Crippen molar-refractivity contribution < 1.29 is 23.1 Å². The first-order chi connectivity index (χ1) is 5.45. The van der Waals surface area contributed by atoms with Gasteiger partial charge < -0.3 is 10.4 Å². The van der Waals surface area contributed by atoms with Crippen LogP contribution in [0.2, 0.25) is 0 Å². The van der Waals surface area contributed by atoms with Crippen molar-refractivity contribution in [1.82, 2.24) is 5.32 Å². The number of carbonyl (C=O) groups is 1. The van der Waals surface area contributed by atoms with Crippen LogP contribution in [-0.4, -0.2) is 29.8 Å². The Balaban J connectivity index is 2.70. The second-order valence-electron chi connectivity index (χ2n) is 2.71. The van der Waals surface area contributed by atoms with Crippen LogP contribution in [0.25, 0.3) is 0 Å². The number of aliphatic hydroxyl groups excluding tert-OH is 1. The van der Waals surface area contributed by atoms with Crippen LogP contribution in [0.15, 0.2) is 0 Å².